The van der Waals surface area contributed by atoms with Gasteiger partial charge in [-0.1, -0.05) is 18.6 Å². The summed E-state index contributed by atoms with van der Waals surface area (Å²) < 4.78 is 26.5. The number of anilines is 2. The molecule has 2 aromatic rings. The number of halogens is 2. The van der Waals surface area contributed by atoms with Crippen molar-refractivity contribution in [2.75, 3.05) is 43.4 Å². The minimum absolute atomic E-state index is 0.0282. The maximum absolute atomic E-state index is 13.4. The van der Waals surface area contributed by atoms with Crippen LogP contribution in [0, 0.1) is 11.6 Å². The molecule has 2 aromatic carbocycles. The first kappa shape index (κ1) is 23.2. The molecule has 2 N–H and O–H groups in total. The van der Waals surface area contributed by atoms with Crippen molar-refractivity contribution < 1.29 is 18.4 Å². The Labute approximate surface area is 192 Å². The zero-order valence-corrected chi connectivity index (χ0v) is 18.9. The number of nitrogens with one attached hydrogen (secondary N) is 2. The largest absolute Gasteiger partial charge is 0.374 e. The predicted octanol–water partition coefficient (Wildman–Crippen LogP) is 3.63. The Hall–Kier alpha value is -3.00. The van der Waals surface area contributed by atoms with Crippen LogP contribution in [0.3, 0.4) is 0 Å². The molecule has 0 spiro atoms. The number of carbonyl (C=O) groups excluding carboxylic acids is 2. The highest BCUT2D eigenvalue weighted by Crippen LogP contribution is 2.31. The van der Waals surface area contributed by atoms with E-state index in [4.69, 9.17) is 0 Å². The summed E-state index contributed by atoms with van der Waals surface area (Å²) in [6.45, 7) is 3.22. The lowest BCUT2D eigenvalue weighted by Crippen LogP contribution is -2.43. The van der Waals surface area contributed by atoms with Crippen molar-refractivity contribution in [2.45, 2.75) is 38.1 Å². The molecular weight excluding hydrogens is 426 g/mol. The monoisotopic (exact) mass is 456 g/mol. The molecule has 2 amide bonds. The minimum Gasteiger partial charge on any atom is -0.374 e. The molecule has 0 unspecified atom stereocenters. The van der Waals surface area contributed by atoms with Gasteiger partial charge >= 0.3 is 11.8 Å². The molecule has 8 heteroatoms. The second-order valence-electron chi connectivity index (χ2n) is 8.82. The first-order valence-corrected chi connectivity index (χ1v) is 11.5. The van der Waals surface area contributed by atoms with Crippen LogP contribution in [0.2, 0.25) is 0 Å². The molecule has 6 nitrogen and oxygen atoms in total. The molecule has 33 heavy (non-hydrogen) atoms. The van der Waals surface area contributed by atoms with Crippen LogP contribution in [0.15, 0.2) is 36.4 Å². The SMILES string of the molecule is CN1CCCc2cc([C@H](CNC(=O)C(=O)Nc3ccc(F)c(F)c3)N3CCCCC3)ccc21. The van der Waals surface area contributed by atoms with Crippen molar-refractivity contribution in [3.05, 3.63) is 59.2 Å². The third-order valence-electron chi connectivity index (χ3n) is 6.51. The van der Waals surface area contributed by atoms with Crippen LogP contribution in [0.1, 0.15) is 42.9 Å². The van der Waals surface area contributed by atoms with Crippen LogP contribution in [-0.2, 0) is 16.0 Å². The van der Waals surface area contributed by atoms with Crippen molar-refractivity contribution in [3.63, 3.8) is 0 Å². The molecule has 2 heterocycles. The van der Waals surface area contributed by atoms with Gasteiger partial charge < -0.3 is 15.5 Å². The molecule has 0 bridgehead atoms. The number of nitrogens with zero attached hydrogens (tertiary/aromatic N) is 2. The number of likely N-dealkylation sites (tertiary alicyclic amines) is 1. The smallest absolute Gasteiger partial charge is 0.313 e. The van der Waals surface area contributed by atoms with Gasteiger partial charge in [-0.15, -0.1) is 0 Å². The van der Waals surface area contributed by atoms with E-state index in [2.05, 4.69) is 45.7 Å². The van der Waals surface area contributed by atoms with E-state index >= 15 is 0 Å². The zero-order valence-electron chi connectivity index (χ0n) is 18.9. The summed E-state index contributed by atoms with van der Waals surface area (Å²) in [5, 5.41) is 5.06. The fraction of sp³-hybridized carbons (Fsp3) is 0.440. The maximum atomic E-state index is 13.4. The molecule has 1 atom stereocenters. The Kier molecular flexibility index (Phi) is 7.23. The van der Waals surface area contributed by atoms with E-state index < -0.39 is 23.4 Å². The fourth-order valence-electron chi connectivity index (χ4n) is 4.73. The van der Waals surface area contributed by atoms with Gasteiger partial charge in [-0.05, 0) is 68.1 Å². The summed E-state index contributed by atoms with van der Waals surface area (Å²) in [5.74, 6) is -3.82. The quantitative estimate of drug-likeness (QED) is 0.675. The van der Waals surface area contributed by atoms with Gasteiger partial charge in [0.25, 0.3) is 0 Å². The van der Waals surface area contributed by atoms with E-state index in [0.29, 0.717) is 6.54 Å². The van der Waals surface area contributed by atoms with Crippen LogP contribution in [-0.4, -0.2) is 49.9 Å². The van der Waals surface area contributed by atoms with Gasteiger partial charge in [-0.2, -0.15) is 0 Å². The van der Waals surface area contributed by atoms with Crippen molar-refractivity contribution in [3.8, 4) is 0 Å². The average Bonchev–Trinajstić information content (AvgIpc) is 2.82. The van der Waals surface area contributed by atoms with E-state index in [1.165, 1.54) is 23.7 Å². The third kappa shape index (κ3) is 5.50. The Bertz CT molecular complexity index is 1020. The maximum Gasteiger partial charge on any atom is 0.313 e. The van der Waals surface area contributed by atoms with Crippen molar-refractivity contribution in [1.29, 1.82) is 0 Å². The molecular formula is C25H30F2N4O2. The molecule has 0 aromatic heterocycles. The van der Waals surface area contributed by atoms with E-state index in [0.717, 1.165) is 63.0 Å². The van der Waals surface area contributed by atoms with Crippen molar-refractivity contribution in [2.24, 2.45) is 0 Å². The molecule has 2 aliphatic heterocycles. The second-order valence-corrected chi connectivity index (χ2v) is 8.82. The highest BCUT2D eigenvalue weighted by atomic mass is 19.2. The summed E-state index contributed by atoms with van der Waals surface area (Å²) in [6, 6.07) is 9.43. The summed E-state index contributed by atoms with van der Waals surface area (Å²) in [5.41, 5.74) is 3.72. The van der Waals surface area contributed by atoms with Gasteiger partial charge in [0.05, 0.1) is 6.04 Å². The van der Waals surface area contributed by atoms with Crippen LogP contribution in [0.5, 0.6) is 0 Å². The van der Waals surface area contributed by atoms with Crippen molar-refractivity contribution >= 4 is 23.2 Å². The van der Waals surface area contributed by atoms with Gasteiger partial charge in [0.2, 0.25) is 0 Å². The molecule has 176 valence electrons. The van der Waals surface area contributed by atoms with Gasteiger partial charge in [0, 0.05) is 37.6 Å². The predicted molar refractivity (Wildman–Crippen MR) is 124 cm³/mol. The number of hydrogen-bond donors (Lipinski definition) is 2. The Morgan fingerprint density at radius 2 is 1.73 bits per heavy atom. The molecule has 0 radical (unpaired) electrons. The number of piperidine rings is 1. The summed E-state index contributed by atoms with van der Waals surface area (Å²) >= 11 is 0. The number of rotatable bonds is 5. The standard InChI is InChI=1S/C25H30F2N4O2/c1-30-11-5-6-17-14-18(7-10-22(17)30)23(31-12-3-2-4-13-31)16-28-24(32)25(33)29-19-8-9-20(26)21(27)15-19/h7-10,14-15,23H,2-6,11-13,16H2,1H3,(H,28,32)(H,29,33)/t23-/m0/s1. The third-order valence-corrected chi connectivity index (χ3v) is 6.51. The normalized spacial score (nSPS) is 17.2. The van der Waals surface area contributed by atoms with Crippen LogP contribution in [0.4, 0.5) is 20.2 Å². The second kappa shape index (κ2) is 10.3. The average molecular weight is 457 g/mol. The Balaban J connectivity index is 1.46. The van der Waals surface area contributed by atoms with E-state index in [-0.39, 0.29) is 11.7 Å². The number of carbonyl (C=O) groups is 2. The van der Waals surface area contributed by atoms with Crippen molar-refractivity contribution in [1.82, 2.24) is 10.2 Å². The highest BCUT2D eigenvalue weighted by Gasteiger charge is 2.26. The van der Waals surface area contributed by atoms with Crippen LogP contribution < -0.4 is 15.5 Å². The van der Waals surface area contributed by atoms with E-state index in [9.17, 15) is 18.4 Å². The minimum atomic E-state index is -1.09. The van der Waals surface area contributed by atoms with Crippen LogP contribution in [0.25, 0.3) is 0 Å². The van der Waals surface area contributed by atoms with E-state index in [1.807, 2.05) is 0 Å². The first-order valence-electron chi connectivity index (χ1n) is 11.5. The molecule has 1 fully saturated rings. The Morgan fingerprint density at radius 1 is 0.939 bits per heavy atom. The van der Waals surface area contributed by atoms with Gasteiger partial charge in [-0.3, -0.25) is 14.5 Å². The van der Waals surface area contributed by atoms with Gasteiger partial charge in [0.15, 0.2) is 11.6 Å². The molecule has 2 aliphatic rings. The molecule has 0 aliphatic carbocycles. The number of hydrogen-bond acceptors (Lipinski definition) is 4. The fourth-order valence-corrected chi connectivity index (χ4v) is 4.73. The summed E-state index contributed by atoms with van der Waals surface area (Å²) in [6.07, 6.45) is 5.55. The molecule has 1 saturated heterocycles. The lowest BCUT2D eigenvalue weighted by Gasteiger charge is -2.36. The lowest BCUT2D eigenvalue weighted by atomic mass is 9.95. The number of fused-ring (bicyclic) bond motifs is 1. The lowest BCUT2D eigenvalue weighted by molar-refractivity contribution is -0.136. The van der Waals surface area contributed by atoms with E-state index in [1.54, 1.807) is 0 Å². The molecule has 4 rings (SSSR count). The zero-order chi connectivity index (χ0) is 23.4. The highest BCUT2D eigenvalue weighted by molar-refractivity contribution is 6.39. The summed E-state index contributed by atoms with van der Waals surface area (Å²) in [4.78, 5) is 29.4. The number of benzene rings is 2. The first-order chi connectivity index (χ1) is 15.9. The summed E-state index contributed by atoms with van der Waals surface area (Å²) in [7, 11) is 2.10. The topological polar surface area (TPSA) is 64.7 Å². The Morgan fingerprint density at radius 3 is 2.48 bits per heavy atom. The number of amides is 2. The number of aryl methyl sites for hydroxylation is 1. The molecule has 0 saturated carbocycles. The van der Waals surface area contributed by atoms with Gasteiger partial charge in [-0.25, -0.2) is 8.78 Å². The van der Waals surface area contributed by atoms with Crippen LogP contribution >= 0.6 is 0 Å². The van der Waals surface area contributed by atoms with Gasteiger partial charge in [0.1, 0.15) is 0 Å².